The molecule has 1 amide bonds. The van der Waals surface area contributed by atoms with E-state index in [1.807, 2.05) is 18.2 Å². The number of hydrogen-bond donors (Lipinski definition) is 2. The van der Waals surface area contributed by atoms with E-state index < -0.39 is 5.91 Å². The number of carbonyl (C=O) groups excluding carboxylic acids is 1. The molecule has 6 heteroatoms. The van der Waals surface area contributed by atoms with E-state index in [9.17, 15) is 4.79 Å². The molecule has 0 atom stereocenters. The Morgan fingerprint density at radius 1 is 1.39 bits per heavy atom. The number of hydrogen-bond acceptors (Lipinski definition) is 4. The minimum atomic E-state index is -0.636. The molecular formula is C12H10N4O2. The average molecular weight is 242 g/mol. The van der Waals surface area contributed by atoms with E-state index in [-0.39, 0.29) is 11.5 Å². The Bertz CT molecular complexity index is 602. The lowest BCUT2D eigenvalue weighted by Gasteiger charge is -1.97. The maximum Gasteiger partial charge on any atom is 0.301 e. The van der Waals surface area contributed by atoms with Gasteiger partial charge < -0.3 is 15.6 Å². The molecule has 0 saturated carbocycles. The number of amides is 1. The summed E-state index contributed by atoms with van der Waals surface area (Å²) in [5.74, 6) is -0.479. The number of nitrogens with two attached hydrogens (primary N) is 1. The van der Waals surface area contributed by atoms with Gasteiger partial charge in [-0.2, -0.15) is 4.99 Å². The van der Waals surface area contributed by atoms with Crippen molar-refractivity contribution in [3.05, 3.63) is 42.4 Å². The van der Waals surface area contributed by atoms with Crippen LogP contribution in [0.3, 0.4) is 0 Å². The molecule has 0 aliphatic heterocycles. The quantitative estimate of drug-likeness (QED) is 0.628. The van der Waals surface area contributed by atoms with Crippen LogP contribution in [0.5, 0.6) is 0 Å². The Morgan fingerprint density at radius 2 is 2.11 bits per heavy atom. The van der Waals surface area contributed by atoms with E-state index in [1.165, 1.54) is 6.39 Å². The minimum absolute atomic E-state index is 0.0750. The first-order chi connectivity index (χ1) is 8.72. The third-order valence-electron chi connectivity index (χ3n) is 2.18. The maximum absolute atomic E-state index is 11.8. The molecular weight excluding hydrogens is 232 g/mol. The second-order valence-electron chi connectivity index (χ2n) is 3.38. The lowest BCUT2D eigenvalue weighted by molar-refractivity contribution is 0.0999. The molecule has 0 spiro atoms. The maximum atomic E-state index is 11.8. The van der Waals surface area contributed by atoms with Crippen molar-refractivity contribution in [2.24, 2.45) is 10.7 Å². The highest BCUT2D eigenvalue weighted by Crippen LogP contribution is 2.23. The van der Waals surface area contributed by atoms with Crippen LogP contribution in [-0.4, -0.2) is 22.9 Å². The van der Waals surface area contributed by atoms with Gasteiger partial charge in [0.2, 0.25) is 0 Å². The molecule has 1 aromatic heterocycles. The van der Waals surface area contributed by atoms with Gasteiger partial charge in [0.1, 0.15) is 5.84 Å². The molecule has 1 aromatic carbocycles. The highest BCUT2D eigenvalue weighted by atomic mass is 16.3. The van der Waals surface area contributed by atoms with Crippen molar-refractivity contribution >= 4 is 18.0 Å². The van der Waals surface area contributed by atoms with Gasteiger partial charge in [-0.15, -0.1) is 0 Å². The number of nitrogens with one attached hydrogen (secondary N) is 1. The van der Waals surface area contributed by atoms with E-state index in [0.717, 1.165) is 11.8 Å². The molecule has 0 fully saturated rings. The Labute approximate surface area is 103 Å². The summed E-state index contributed by atoms with van der Waals surface area (Å²) >= 11 is 0. The van der Waals surface area contributed by atoms with Crippen LogP contribution in [0.15, 0.2) is 46.1 Å². The van der Waals surface area contributed by atoms with Crippen molar-refractivity contribution < 1.29 is 9.21 Å². The molecule has 18 heavy (non-hydrogen) atoms. The first-order valence-corrected chi connectivity index (χ1v) is 5.10. The van der Waals surface area contributed by atoms with Gasteiger partial charge >= 0.3 is 5.91 Å². The zero-order chi connectivity index (χ0) is 13.0. The molecule has 0 bridgehead atoms. The van der Waals surface area contributed by atoms with Gasteiger partial charge in [-0.25, -0.2) is 4.98 Å². The molecule has 0 saturated heterocycles. The Morgan fingerprint density at radius 3 is 2.78 bits per heavy atom. The van der Waals surface area contributed by atoms with Crippen LogP contribution >= 0.6 is 0 Å². The summed E-state index contributed by atoms with van der Waals surface area (Å²) in [6, 6.07) is 9.08. The number of oxazole rings is 1. The molecule has 0 aliphatic carbocycles. The number of carbonyl (C=O) groups is 1. The fourth-order valence-corrected chi connectivity index (χ4v) is 1.40. The van der Waals surface area contributed by atoms with E-state index in [4.69, 9.17) is 15.6 Å². The van der Waals surface area contributed by atoms with Crippen LogP contribution < -0.4 is 5.73 Å². The molecule has 0 radical (unpaired) electrons. The number of rotatable bonds is 3. The van der Waals surface area contributed by atoms with Crippen LogP contribution in [0.1, 0.15) is 10.5 Å². The number of benzene rings is 1. The summed E-state index contributed by atoms with van der Waals surface area (Å²) in [6.45, 7) is 0. The van der Waals surface area contributed by atoms with Gasteiger partial charge in [0.25, 0.3) is 0 Å². The number of nitrogens with zero attached hydrogens (tertiary/aromatic N) is 2. The van der Waals surface area contributed by atoms with E-state index in [0.29, 0.717) is 5.76 Å². The lowest BCUT2D eigenvalue weighted by atomic mass is 10.1. The SMILES string of the molecule is N=CC(N)=NC(=O)c1ncoc1-c1ccccc1. The summed E-state index contributed by atoms with van der Waals surface area (Å²) in [6.07, 6.45) is 1.96. The minimum Gasteiger partial charge on any atom is -0.443 e. The van der Waals surface area contributed by atoms with Crippen molar-refractivity contribution in [2.75, 3.05) is 0 Å². The normalized spacial score (nSPS) is 11.2. The lowest BCUT2D eigenvalue weighted by Crippen LogP contribution is -2.15. The Kier molecular flexibility index (Phi) is 3.29. The summed E-state index contributed by atoms with van der Waals surface area (Å²) in [7, 11) is 0. The number of aromatic nitrogens is 1. The van der Waals surface area contributed by atoms with Gasteiger partial charge in [0.15, 0.2) is 17.8 Å². The van der Waals surface area contributed by atoms with Crippen molar-refractivity contribution in [1.82, 2.24) is 4.98 Å². The highest BCUT2D eigenvalue weighted by molar-refractivity contribution is 6.30. The van der Waals surface area contributed by atoms with E-state index in [2.05, 4.69) is 9.98 Å². The smallest absolute Gasteiger partial charge is 0.301 e. The summed E-state index contributed by atoms with van der Waals surface area (Å²) in [4.78, 5) is 19.1. The van der Waals surface area contributed by atoms with Crippen LogP contribution in [0.2, 0.25) is 0 Å². The van der Waals surface area contributed by atoms with Gasteiger partial charge in [0.05, 0.1) is 6.21 Å². The molecule has 90 valence electrons. The summed E-state index contributed by atoms with van der Waals surface area (Å²) in [5.41, 5.74) is 6.10. The molecule has 0 aliphatic rings. The van der Waals surface area contributed by atoms with Crippen molar-refractivity contribution in [2.45, 2.75) is 0 Å². The molecule has 2 aromatic rings. The zero-order valence-electron chi connectivity index (χ0n) is 9.33. The monoisotopic (exact) mass is 242 g/mol. The van der Waals surface area contributed by atoms with E-state index >= 15 is 0 Å². The van der Waals surface area contributed by atoms with Crippen molar-refractivity contribution in [3.63, 3.8) is 0 Å². The first-order valence-electron chi connectivity index (χ1n) is 5.10. The second kappa shape index (κ2) is 5.05. The van der Waals surface area contributed by atoms with E-state index in [1.54, 1.807) is 12.1 Å². The number of amidine groups is 1. The predicted octanol–water partition coefficient (Wildman–Crippen LogP) is 1.49. The topological polar surface area (TPSA) is 105 Å². The molecule has 3 N–H and O–H groups in total. The second-order valence-corrected chi connectivity index (χ2v) is 3.38. The van der Waals surface area contributed by atoms with Crippen molar-refractivity contribution in [3.8, 4) is 11.3 Å². The Hall–Kier alpha value is -2.76. The zero-order valence-corrected chi connectivity index (χ0v) is 9.33. The largest absolute Gasteiger partial charge is 0.443 e. The molecule has 2 rings (SSSR count). The van der Waals surface area contributed by atoms with Gasteiger partial charge in [0, 0.05) is 5.56 Å². The van der Waals surface area contributed by atoms with Crippen LogP contribution in [-0.2, 0) is 0 Å². The molecule has 6 nitrogen and oxygen atoms in total. The van der Waals surface area contributed by atoms with Crippen LogP contribution in [0.4, 0.5) is 0 Å². The standard InChI is InChI=1S/C12H10N4O2/c13-6-9(14)16-12(17)10-11(18-7-15-10)8-4-2-1-3-5-8/h1-7,13H,(H2,14,16,17). The number of aliphatic imine (C=N–C) groups is 1. The fourth-order valence-electron chi connectivity index (χ4n) is 1.40. The molecule has 1 heterocycles. The van der Waals surface area contributed by atoms with Gasteiger partial charge in [-0.3, -0.25) is 4.79 Å². The highest BCUT2D eigenvalue weighted by Gasteiger charge is 2.17. The third-order valence-corrected chi connectivity index (χ3v) is 2.18. The van der Waals surface area contributed by atoms with Crippen LogP contribution in [0.25, 0.3) is 11.3 Å². The van der Waals surface area contributed by atoms with Crippen molar-refractivity contribution in [1.29, 1.82) is 5.41 Å². The molecule has 0 unspecified atom stereocenters. The first kappa shape index (κ1) is 11.7. The fraction of sp³-hybridized carbons (Fsp3) is 0. The average Bonchev–Trinajstić information content (AvgIpc) is 2.88. The summed E-state index contributed by atoms with van der Waals surface area (Å²) in [5, 5.41) is 6.87. The van der Waals surface area contributed by atoms with Gasteiger partial charge in [-0.1, -0.05) is 30.3 Å². The third kappa shape index (κ3) is 2.32. The van der Waals surface area contributed by atoms with Crippen LogP contribution in [0, 0.1) is 5.41 Å². The summed E-state index contributed by atoms with van der Waals surface area (Å²) < 4.78 is 5.19. The Balaban J connectivity index is 2.40. The van der Waals surface area contributed by atoms with Gasteiger partial charge in [-0.05, 0) is 0 Å². The predicted molar refractivity (Wildman–Crippen MR) is 66.7 cm³/mol.